The number of aromatic nitrogens is 2. The molecule has 0 saturated carbocycles. The third kappa shape index (κ3) is 2.44. The minimum Gasteiger partial charge on any atom is -0.292 e. The third-order valence-corrected chi connectivity index (χ3v) is 2.74. The van der Waals surface area contributed by atoms with Crippen molar-refractivity contribution in [3.63, 3.8) is 0 Å². The molecule has 0 saturated heterocycles. The van der Waals surface area contributed by atoms with Crippen molar-refractivity contribution in [1.29, 1.82) is 0 Å². The summed E-state index contributed by atoms with van der Waals surface area (Å²) >= 11 is 0. The molecule has 1 aromatic heterocycles. The molecule has 1 rings (SSSR count). The first-order valence-electron chi connectivity index (χ1n) is 5.20. The smallest absolute Gasteiger partial charge is 0.181 e. The van der Waals surface area contributed by atoms with Gasteiger partial charge in [0, 0.05) is 19.7 Å². The van der Waals surface area contributed by atoms with Gasteiger partial charge in [0.2, 0.25) is 0 Å². The molecule has 0 radical (unpaired) electrons. The Bertz CT molecular complexity index is 300. The van der Waals surface area contributed by atoms with Gasteiger partial charge in [-0.2, -0.15) is 5.10 Å². The molecule has 3 nitrogen and oxygen atoms in total. The van der Waals surface area contributed by atoms with Gasteiger partial charge in [0.25, 0.3) is 0 Å². The minimum absolute atomic E-state index is 0.207. The van der Waals surface area contributed by atoms with Crippen LogP contribution in [0.4, 0.5) is 0 Å². The Morgan fingerprint density at radius 1 is 1.50 bits per heavy atom. The molecule has 0 N–H and O–H groups in total. The van der Waals surface area contributed by atoms with E-state index in [1.807, 2.05) is 0 Å². The van der Waals surface area contributed by atoms with Crippen LogP contribution in [0, 0.1) is 5.92 Å². The number of Topliss-reactive ketones (excluding diaryl/α,β-unsaturated/α-hetero) is 1. The summed E-state index contributed by atoms with van der Waals surface area (Å²) in [6.07, 6.45) is 4.45. The lowest BCUT2D eigenvalue weighted by Crippen LogP contribution is -2.11. The molecule has 0 aliphatic carbocycles. The summed E-state index contributed by atoms with van der Waals surface area (Å²) < 4.78 is 1.64. The van der Waals surface area contributed by atoms with Crippen molar-refractivity contribution in [2.24, 2.45) is 13.0 Å². The monoisotopic (exact) mass is 194 g/mol. The first kappa shape index (κ1) is 11.0. The van der Waals surface area contributed by atoms with E-state index in [4.69, 9.17) is 0 Å². The van der Waals surface area contributed by atoms with Crippen LogP contribution in [-0.4, -0.2) is 15.6 Å². The zero-order chi connectivity index (χ0) is 10.6. The van der Waals surface area contributed by atoms with Gasteiger partial charge in [0.1, 0.15) is 5.69 Å². The van der Waals surface area contributed by atoms with Gasteiger partial charge in [-0.1, -0.05) is 26.7 Å². The highest BCUT2D eigenvalue weighted by Crippen LogP contribution is 2.15. The first-order chi connectivity index (χ1) is 6.69. The van der Waals surface area contributed by atoms with Crippen LogP contribution in [0.5, 0.6) is 0 Å². The second kappa shape index (κ2) is 4.94. The molecule has 0 unspecified atom stereocenters. The van der Waals surface area contributed by atoms with Crippen molar-refractivity contribution in [2.45, 2.75) is 33.1 Å². The number of nitrogens with zero attached hydrogens (tertiary/aromatic N) is 2. The van der Waals surface area contributed by atoms with Crippen molar-refractivity contribution in [3.05, 3.63) is 18.0 Å². The van der Waals surface area contributed by atoms with E-state index in [0.29, 0.717) is 12.3 Å². The van der Waals surface area contributed by atoms with Crippen LogP contribution in [0.25, 0.3) is 0 Å². The van der Waals surface area contributed by atoms with Crippen LogP contribution in [0.3, 0.4) is 0 Å². The van der Waals surface area contributed by atoms with Gasteiger partial charge in [0.05, 0.1) is 0 Å². The topological polar surface area (TPSA) is 34.9 Å². The molecule has 0 atom stereocenters. The average molecular weight is 194 g/mol. The van der Waals surface area contributed by atoms with Gasteiger partial charge < -0.3 is 0 Å². The number of rotatable bonds is 5. The molecule has 0 fully saturated rings. The van der Waals surface area contributed by atoms with Gasteiger partial charge >= 0.3 is 0 Å². The van der Waals surface area contributed by atoms with E-state index in [1.54, 1.807) is 24.0 Å². The van der Waals surface area contributed by atoms with E-state index in [2.05, 4.69) is 18.9 Å². The van der Waals surface area contributed by atoms with Crippen molar-refractivity contribution < 1.29 is 4.79 Å². The number of carbonyl (C=O) groups excluding carboxylic acids is 1. The second-order valence-corrected chi connectivity index (χ2v) is 3.65. The quantitative estimate of drug-likeness (QED) is 0.675. The molecule has 0 aliphatic rings. The number of ketones is 1. The Morgan fingerprint density at radius 2 is 2.14 bits per heavy atom. The highest BCUT2D eigenvalue weighted by atomic mass is 16.1. The fraction of sp³-hybridized carbons (Fsp3) is 0.636. The van der Waals surface area contributed by atoms with Crippen LogP contribution in [0.15, 0.2) is 12.3 Å². The Hall–Kier alpha value is -1.12. The molecular formula is C11H18N2O. The Balaban J connectivity index is 2.63. The van der Waals surface area contributed by atoms with E-state index in [0.717, 1.165) is 18.5 Å². The largest absolute Gasteiger partial charge is 0.292 e. The number of carbonyl (C=O) groups is 1. The van der Waals surface area contributed by atoms with Crippen molar-refractivity contribution in [3.8, 4) is 0 Å². The highest BCUT2D eigenvalue weighted by molar-refractivity contribution is 5.94. The van der Waals surface area contributed by atoms with Crippen LogP contribution < -0.4 is 0 Å². The lowest BCUT2D eigenvalue weighted by Gasteiger charge is -2.10. The van der Waals surface area contributed by atoms with E-state index >= 15 is 0 Å². The molecule has 0 amide bonds. The summed E-state index contributed by atoms with van der Waals surface area (Å²) in [5.74, 6) is 0.719. The number of hydrogen-bond donors (Lipinski definition) is 0. The zero-order valence-electron chi connectivity index (χ0n) is 9.16. The van der Waals surface area contributed by atoms with Crippen LogP contribution in [-0.2, 0) is 7.05 Å². The lowest BCUT2D eigenvalue weighted by molar-refractivity contribution is 0.0949. The first-order valence-corrected chi connectivity index (χ1v) is 5.20. The second-order valence-electron chi connectivity index (χ2n) is 3.65. The standard InChI is InChI=1S/C11H18N2O/c1-4-9(5-2)8-11(14)10-6-7-12-13(10)3/h6-7,9H,4-5,8H2,1-3H3. The minimum atomic E-state index is 0.207. The average Bonchev–Trinajstić information content (AvgIpc) is 2.60. The van der Waals surface area contributed by atoms with Gasteiger partial charge in [-0.3, -0.25) is 9.48 Å². The van der Waals surface area contributed by atoms with E-state index in [9.17, 15) is 4.79 Å². The van der Waals surface area contributed by atoms with Crippen LogP contribution in [0.2, 0.25) is 0 Å². The summed E-state index contributed by atoms with van der Waals surface area (Å²) in [4.78, 5) is 11.8. The molecule has 3 heteroatoms. The fourth-order valence-corrected chi connectivity index (χ4v) is 1.59. The maximum Gasteiger partial charge on any atom is 0.181 e. The number of hydrogen-bond acceptors (Lipinski definition) is 2. The number of aryl methyl sites for hydroxylation is 1. The molecule has 1 heterocycles. The summed E-state index contributed by atoms with van der Waals surface area (Å²) in [5.41, 5.74) is 0.719. The summed E-state index contributed by atoms with van der Waals surface area (Å²) in [6.45, 7) is 4.26. The maximum absolute atomic E-state index is 11.8. The molecule has 0 spiro atoms. The lowest BCUT2D eigenvalue weighted by atomic mass is 9.96. The third-order valence-electron chi connectivity index (χ3n) is 2.74. The summed E-state index contributed by atoms with van der Waals surface area (Å²) in [7, 11) is 1.81. The Kier molecular flexibility index (Phi) is 3.86. The summed E-state index contributed by atoms with van der Waals surface area (Å²) in [5, 5.41) is 3.99. The maximum atomic E-state index is 11.8. The van der Waals surface area contributed by atoms with Gasteiger partial charge in [-0.25, -0.2) is 0 Å². The molecule has 0 bridgehead atoms. The van der Waals surface area contributed by atoms with Crippen molar-refractivity contribution in [2.75, 3.05) is 0 Å². The van der Waals surface area contributed by atoms with Crippen LogP contribution in [0.1, 0.15) is 43.6 Å². The molecule has 78 valence electrons. The Labute approximate surface area is 85.1 Å². The van der Waals surface area contributed by atoms with Gasteiger partial charge in [0.15, 0.2) is 5.78 Å². The zero-order valence-corrected chi connectivity index (χ0v) is 9.16. The highest BCUT2D eigenvalue weighted by Gasteiger charge is 2.14. The predicted octanol–water partition coefficient (Wildman–Crippen LogP) is 2.43. The molecule has 14 heavy (non-hydrogen) atoms. The fourth-order valence-electron chi connectivity index (χ4n) is 1.59. The van der Waals surface area contributed by atoms with E-state index < -0.39 is 0 Å². The van der Waals surface area contributed by atoms with Crippen LogP contribution >= 0.6 is 0 Å². The van der Waals surface area contributed by atoms with Crippen molar-refractivity contribution >= 4 is 5.78 Å². The normalized spacial score (nSPS) is 10.9. The van der Waals surface area contributed by atoms with E-state index in [-0.39, 0.29) is 5.78 Å². The van der Waals surface area contributed by atoms with E-state index in [1.165, 1.54) is 0 Å². The Morgan fingerprint density at radius 3 is 2.57 bits per heavy atom. The molecule has 1 aromatic rings. The molecular weight excluding hydrogens is 176 g/mol. The predicted molar refractivity (Wildman–Crippen MR) is 56.2 cm³/mol. The molecule has 0 aromatic carbocycles. The van der Waals surface area contributed by atoms with Gasteiger partial charge in [-0.05, 0) is 12.0 Å². The summed E-state index contributed by atoms with van der Waals surface area (Å²) in [6, 6.07) is 1.78. The van der Waals surface area contributed by atoms with Crippen molar-refractivity contribution in [1.82, 2.24) is 9.78 Å². The molecule has 0 aliphatic heterocycles. The van der Waals surface area contributed by atoms with Gasteiger partial charge in [-0.15, -0.1) is 0 Å². The SMILES string of the molecule is CCC(CC)CC(=O)c1ccnn1C.